The summed E-state index contributed by atoms with van der Waals surface area (Å²) in [7, 11) is 1.70. The fourth-order valence-corrected chi connectivity index (χ4v) is 3.73. The number of carbonyl (C=O) groups is 1. The van der Waals surface area contributed by atoms with Crippen molar-refractivity contribution in [3.05, 3.63) is 68.8 Å². The van der Waals surface area contributed by atoms with Gasteiger partial charge in [-0.15, -0.1) is 11.3 Å². The van der Waals surface area contributed by atoms with Gasteiger partial charge in [-0.1, -0.05) is 23.7 Å². The summed E-state index contributed by atoms with van der Waals surface area (Å²) in [5.41, 5.74) is 1.28. The van der Waals surface area contributed by atoms with Gasteiger partial charge in [0.2, 0.25) is 5.91 Å². The Morgan fingerprint density at radius 3 is 2.79 bits per heavy atom. The summed E-state index contributed by atoms with van der Waals surface area (Å²) in [6, 6.07) is 7.58. The van der Waals surface area contributed by atoms with Crippen LogP contribution in [0.1, 0.15) is 10.4 Å². The molecule has 142 valence electrons. The molecule has 1 N–H and O–H groups in total. The van der Waals surface area contributed by atoms with Crippen LogP contribution < -0.4 is 10.9 Å². The van der Waals surface area contributed by atoms with Gasteiger partial charge in [0.1, 0.15) is 18.3 Å². The van der Waals surface area contributed by atoms with Crippen LogP contribution in [0.5, 0.6) is 0 Å². The molecule has 0 aliphatic heterocycles. The van der Waals surface area contributed by atoms with Crippen LogP contribution in [0.25, 0.3) is 11.0 Å². The first-order valence-electron chi connectivity index (χ1n) is 8.36. The molecular weight excluding hydrogens is 400 g/mol. The lowest BCUT2D eigenvalue weighted by Crippen LogP contribution is -2.27. The van der Waals surface area contributed by atoms with Crippen LogP contribution in [0.3, 0.4) is 0 Å². The van der Waals surface area contributed by atoms with Gasteiger partial charge in [0.05, 0.1) is 6.20 Å². The maximum Gasteiger partial charge on any atom is 0.264 e. The first-order valence-corrected chi connectivity index (χ1v) is 9.55. The lowest BCUT2D eigenvalue weighted by atomic mass is 10.1. The number of nitrogens with zero attached hydrogens (tertiary/aromatic N) is 5. The molecule has 8 nitrogen and oxygen atoms in total. The number of rotatable bonds is 5. The third kappa shape index (κ3) is 3.80. The number of thiazole rings is 1. The third-order valence-corrected chi connectivity index (χ3v) is 5.29. The van der Waals surface area contributed by atoms with Gasteiger partial charge in [0.25, 0.3) is 5.56 Å². The fraction of sp³-hybridized carbons (Fsp3) is 0.167. The third-order valence-electron chi connectivity index (χ3n) is 4.12. The van der Waals surface area contributed by atoms with Crippen molar-refractivity contribution < 1.29 is 4.79 Å². The average molecular weight is 415 g/mol. The zero-order chi connectivity index (χ0) is 19.7. The van der Waals surface area contributed by atoms with Crippen LogP contribution in [0, 0.1) is 0 Å². The van der Waals surface area contributed by atoms with Gasteiger partial charge in [-0.25, -0.2) is 9.97 Å². The first kappa shape index (κ1) is 18.3. The zero-order valence-corrected chi connectivity index (χ0v) is 16.4. The van der Waals surface area contributed by atoms with Gasteiger partial charge in [-0.2, -0.15) is 5.10 Å². The number of halogens is 1. The van der Waals surface area contributed by atoms with Crippen molar-refractivity contribution in [2.75, 3.05) is 5.32 Å². The number of aryl methyl sites for hydroxylation is 1. The van der Waals surface area contributed by atoms with E-state index >= 15 is 0 Å². The van der Waals surface area contributed by atoms with E-state index in [0.29, 0.717) is 27.6 Å². The van der Waals surface area contributed by atoms with E-state index in [1.165, 1.54) is 33.1 Å². The minimum absolute atomic E-state index is 0.150. The Labute approximate surface area is 168 Å². The summed E-state index contributed by atoms with van der Waals surface area (Å²) in [6.07, 6.45) is 5.22. The molecule has 28 heavy (non-hydrogen) atoms. The Bertz CT molecular complexity index is 1210. The van der Waals surface area contributed by atoms with Gasteiger partial charge >= 0.3 is 0 Å². The predicted molar refractivity (Wildman–Crippen MR) is 108 cm³/mol. The number of carbonyl (C=O) groups excluding carboxylic acids is 1. The van der Waals surface area contributed by atoms with Gasteiger partial charge in [-0.3, -0.25) is 18.8 Å². The summed E-state index contributed by atoms with van der Waals surface area (Å²) in [5, 5.41) is 8.28. The normalized spacial score (nSPS) is 11.1. The molecule has 1 aromatic carbocycles. The summed E-state index contributed by atoms with van der Waals surface area (Å²) in [5.74, 6) is -0.348. The highest BCUT2D eigenvalue weighted by Crippen LogP contribution is 2.22. The molecule has 0 spiro atoms. The Morgan fingerprint density at radius 2 is 2.00 bits per heavy atom. The largest absolute Gasteiger partial charge is 0.300 e. The lowest BCUT2D eigenvalue weighted by Gasteiger charge is -2.05. The van der Waals surface area contributed by atoms with Crippen LogP contribution >= 0.6 is 22.9 Å². The van der Waals surface area contributed by atoms with Crippen LogP contribution in [0.2, 0.25) is 5.02 Å². The predicted octanol–water partition coefficient (Wildman–Crippen LogP) is 2.47. The van der Waals surface area contributed by atoms with E-state index in [9.17, 15) is 9.59 Å². The maximum atomic E-state index is 12.4. The second-order valence-corrected chi connectivity index (χ2v) is 7.72. The Hall–Kier alpha value is -3.04. The van der Waals surface area contributed by atoms with E-state index in [-0.39, 0.29) is 18.0 Å². The molecule has 0 aliphatic carbocycles. The van der Waals surface area contributed by atoms with Crippen LogP contribution in [-0.4, -0.2) is 30.2 Å². The smallest absolute Gasteiger partial charge is 0.264 e. The maximum absolute atomic E-state index is 12.4. The number of fused-ring (bicyclic) bond motifs is 1. The molecule has 4 rings (SSSR count). The minimum atomic E-state index is -0.348. The van der Waals surface area contributed by atoms with Gasteiger partial charge in [-0.05, 0) is 17.7 Å². The molecule has 4 aromatic rings. The van der Waals surface area contributed by atoms with E-state index < -0.39 is 0 Å². The number of hydrogen-bond acceptors (Lipinski definition) is 6. The van der Waals surface area contributed by atoms with E-state index in [4.69, 9.17) is 11.6 Å². The molecule has 0 saturated heterocycles. The molecule has 0 radical (unpaired) electrons. The van der Waals surface area contributed by atoms with Crippen molar-refractivity contribution >= 4 is 45.0 Å². The molecule has 0 fully saturated rings. The van der Waals surface area contributed by atoms with Crippen molar-refractivity contribution in [1.29, 1.82) is 0 Å². The Kier molecular flexibility index (Phi) is 4.93. The highest BCUT2D eigenvalue weighted by atomic mass is 35.5. The van der Waals surface area contributed by atoms with Crippen LogP contribution in [0.4, 0.5) is 5.13 Å². The number of amides is 1. The van der Waals surface area contributed by atoms with E-state index in [1.54, 1.807) is 13.2 Å². The molecular formula is C18H15ClN6O2S. The quantitative estimate of drug-likeness (QED) is 0.541. The minimum Gasteiger partial charge on any atom is -0.300 e. The van der Waals surface area contributed by atoms with Crippen molar-refractivity contribution in [2.45, 2.75) is 13.0 Å². The molecule has 0 saturated carbocycles. The molecule has 0 atom stereocenters. The standard InChI is InChI=1S/C18H15ClN6O2S/c1-24-16-14(8-22-24)17(27)25(10-21-16)9-15(26)23-18-20-7-13(28-18)6-11-2-4-12(19)5-3-11/h2-5,7-8,10H,6,9H2,1H3,(H,20,23,26). The molecule has 0 aliphatic rings. The summed E-state index contributed by atoms with van der Waals surface area (Å²) < 4.78 is 2.76. The zero-order valence-electron chi connectivity index (χ0n) is 14.8. The molecule has 0 unspecified atom stereocenters. The SMILES string of the molecule is Cn1ncc2c(=O)n(CC(=O)Nc3ncc(Cc4ccc(Cl)cc4)s3)cnc21. The fourth-order valence-electron chi connectivity index (χ4n) is 2.74. The van der Waals surface area contributed by atoms with Crippen molar-refractivity contribution in [3.63, 3.8) is 0 Å². The van der Waals surface area contributed by atoms with Crippen LogP contribution in [0.15, 0.2) is 47.8 Å². The number of nitrogens with one attached hydrogen (secondary N) is 1. The summed E-state index contributed by atoms with van der Waals surface area (Å²) in [6.45, 7) is -0.150. The summed E-state index contributed by atoms with van der Waals surface area (Å²) >= 11 is 7.28. The number of benzene rings is 1. The van der Waals surface area contributed by atoms with Gasteiger partial charge in [0, 0.05) is 29.6 Å². The Morgan fingerprint density at radius 1 is 1.21 bits per heavy atom. The monoisotopic (exact) mass is 414 g/mol. The van der Waals surface area contributed by atoms with Crippen molar-refractivity contribution in [3.8, 4) is 0 Å². The van der Waals surface area contributed by atoms with E-state index in [2.05, 4.69) is 20.4 Å². The molecule has 1 amide bonds. The second kappa shape index (κ2) is 7.53. The molecule has 0 bridgehead atoms. The number of anilines is 1. The molecule has 3 heterocycles. The van der Waals surface area contributed by atoms with Gasteiger partial charge in [0.15, 0.2) is 10.8 Å². The second-order valence-electron chi connectivity index (χ2n) is 6.17. The Balaban J connectivity index is 1.43. The highest BCUT2D eigenvalue weighted by Gasteiger charge is 2.12. The highest BCUT2D eigenvalue weighted by molar-refractivity contribution is 7.15. The van der Waals surface area contributed by atoms with E-state index in [1.807, 2.05) is 24.3 Å². The lowest BCUT2D eigenvalue weighted by molar-refractivity contribution is -0.116. The van der Waals surface area contributed by atoms with Crippen LogP contribution in [-0.2, 0) is 24.8 Å². The average Bonchev–Trinajstić information content (AvgIpc) is 3.26. The summed E-state index contributed by atoms with van der Waals surface area (Å²) in [4.78, 5) is 34.2. The molecule has 3 aromatic heterocycles. The topological polar surface area (TPSA) is 94.7 Å². The number of hydrogen-bond donors (Lipinski definition) is 1. The van der Waals surface area contributed by atoms with Gasteiger partial charge < -0.3 is 5.32 Å². The number of aromatic nitrogens is 5. The first-order chi connectivity index (χ1) is 13.5. The van der Waals surface area contributed by atoms with Crippen molar-refractivity contribution in [2.24, 2.45) is 7.05 Å². The van der Waals surface area contributed by atoms with Crippen molar-refractivity contribution in [1.82, 2.24) is 24.3 Å². The molecule has 10 heteroatoms. The van der Waals surface area contributed by atoms with E-state index in [0.717, 1.165) is 10.4 Å².